The third-order valence-corrected chi connectivity index (χ3v) is 3.59. The molecule has 2 heterocycles. The SMILES string of the molecule is CCn1nc(C)cc1CN(C)C1CCCNC1. The Kier molecular flexibility index (Phi) is 4.18. The third-order valence-electron chi connectivity index (χ3n) is 3.59. The van der Waals surface area contributed by atoms with Gasteiger partial charge in [-0.3, -0.25) is 9.58 Å². The van der Waals surface area contributed by atoms with Crippen molar-refractivity contribution in [3.05, 3.63) is 17.5 Å². The van der Waals surface area contributed by atoms with Gasteiger partial charge in [0, 0.05) is 25.7 Å². The predicted octanol–water partition coefficient (Wildman–Crippen LogP) is 1.40. The van der Waals surface area contributed by atoms with Gasteiger partial charge in [0.15, 0.2) is 0 Å². The van der Waals surface area contributed by atoms with Crippen molar-refractivity contribution in [1.82, 2.24) is 20.0 Å². The molecule has 1 atom stereocenters. The van der Waals surface area contributed by atoms with Crippen LogP contribution < -0.4 is 5.32 Å². The molecule has 96 valence electrons. The van der Waals surface area contributed by atoms with E-state index in [-0.39, 0.29) is 0 Å². The van der Waals surface area contributed by atoms with E-state index in [0.717, 1.165) is 25.3 Å². The molecule has 1 aliphatic rings. The molecule has 1 aromatic rings. The zero-order valence-corrected chi connectivity index (χ0v) is 11.2. The molecule has 2 rings (SSSR count). The molecule has 0 spiro atoms. The van der Waals surface area contributed by atoms with Gasteiger partial charge in [-0.05, 0) is 46.3 Å². The number of nitrogens with one attached hydrogen (secondary N) is 1. The van der Waals surface area contributed by atoms with Gasteiger partial charge in [-0.25, -0.2) is 0 Å². The van der Waals surface area contributed by atoms with E-state index in [0.29, 0.717) is 6.04 Å². The molecule has 4 nitrogen and oxygen atoms in total. The van der Waals surface area contributed by atoms with E-state index in [9.17, 15) is 0 Å². The van der Waals surface area contributed by atoms with Gasteiger partial charge in [0.25, 0.3) is 0 Å². The van der Waals surface area contributed by atoms with Crippen LogP contribution >= 0.6 is 0 Å². The van der Waals surface area contributed by atoms with Gasteiger partial charge in [0.2, 0.25) is 0 Å². The van der Waals surface area contributed by atoms with E-state index in [1.165, 1.54) is 25.1 Å². The van der Waals surface area contributed by atoms with Crippen molar-refractivity contribution in [2.75, 3.05) is 20.1 Å². The summed E-state index contributed by atoms with van der Waals surface area (Å²) in [5.41, 5.74) is 2.45. The maximum Gasteiger partial charge on any atom is 0.0597 e. The van der Waals surface area contributed by atoms with Crippen molar-refractivity contribution >= 4 is 0 Å². The van der Waals surface area contributed by atoms with Gasteiger partial charge in [-0.2, -0.15) is 5.10 Å². The quantitative estimate of drug-likeness (QED) is 0.858. The highest BCUT2D eigenvalue weighted by Crippen LogP contribution is 2.13. The molecule has 1 saturated heterocycles. The second-order valence-corrected chi connectivity index (χ2v) is 5.01. The van der Waals surface area contributed by atoms with Crippen LogP contribution in [0.2, 0.25) is 0 Å². The number of likely N-dealkylation sites (N-methyl/N-ethyl adjacent to an activating group) is 1. The van der Waals surface area contributed by atoms with Crippen molar-refractivity contribution in [2.24, 2.45) is 0 Å². The lowest BCUT2D eigenvalue weighted by molar-refractivity contribution is 0.191. The molecular weight excluding hydrogens is 212 g/mol. The lowest BCUT2D eigenvalue weighted by Gasteiger charge is -2.31. The molecule has 1 fully saturated rings. The number of piperidine rings is 1. The monoisotopic (exact) mass is 236 g/mol. The van der Waals surface area contributed by atoms with Crippen LogP contribution in [0.3, 0.4) is 0 Å². The highest BCUT2D eigenvalue weighted by Gasteiger charge is 2.18. The summed E-state index contributed by atoms with van der Waals surface area (Å²) in [5, 5.41) is 7.97. The average Bonchev–Trinajstić information content (AvgIpc) is 2.70. The zero-order chi connectivity index (χ0) is 12.3. The standard InChI is InChI=1S/C13H24N4/c1-4-17-13(8-11(2)15-17)10-16(3)12-6-5-7-14-9-12/h8,12,14H,4-7,9-10H2,1-3H3. The van der Waals surface area contributed by atoms with Crippen LogP contribution in [0.25, 0.3) is 0 Å². The summed E-state index contributed by atoms with van der Waals surface area (Å²) in [5.74, 6) is 0. The van der Waals surface area contributed by atoms with Crippen molar-refractivity contribution in [3.63, 3.8) is 0 Å². The average molecular weight is 236 g/mol. The van der Waals surface area contributed by atoms with Crippen molar-refractivity contribution in [2.45, 2.75) is 45.8 Å². The maximum atomic E-state index is 4.50. The first kappa shape index (κ1) is 12.6. The Bertz CT molecular complexity index is 352. The minimum atomic E-state index is 0.671. The first-order valence-electron chi connectivity index (χ1n) is 6.65. The van der Waals surface area contributed by atoms with Crippen molar-refractivity contribution in [3.8, 4) is 0 Å². The molecule has 0 amide bonds. The van der Waals surface area contributed by atoms with Gasteiger partial charge in [-0.15, -0.1) is 0 Å². The minimum absolute atomic E-state index is 0.671. The van der Waals surface area contributed by atoms with Crippen LogP contribution in [-0.4, -0.2) is 40.9 Å². The number of rotatable bonds is 4. The van der Waals surface area contributed by atoms with Gasteiger partial charge >= 0.3 is 0 Å². The number of aryl methyl sites for hydroxylation is 2. The van der Waals surface area contributed by atoms with Gasteiger partial charge in [0.1, 0.15) is 0 Å². The summed E-state index contributed by atoms with van der Waals surface area (Å²) in [7, 11) is 2.22. The largest absolute Gasteiger partial charge is 0.315 e. The Balaban J connectivity index is 1.98. The fraction of sp³-hybridized carbons (Fsp3) is 0.769. The summed E-state index contributed by atoms with van der Waals surface area (Å²) in [6.07, 6.45) is 2.60. The second kappa shape index (κ2) is 5.65. The van der Waals surface area contributed by atoms with Crippen molar-refractivity contribution in [1.29, 1.82) is 0 Å². The molecule has 1 aliphatic heterocycles. The van der Waals surface area contributed by atoms with E-state index in [1.54, 1.807) is 0 Å². The van der Waals surface area contributed by atoms with E-state index in [2.05, 4.69) is 47.0 Å². The maximum absolute atomic E-state index is 4.50. The molecular formula is C13H24N4. The Labute approximate surface area is 104 Å². The normalized spacial score (nSPS) is 21.1. The van der Waals surface area contributed by atoms with Crippen LogP contribution in [0.15, 0.2) is 6.07 Å². The number of aromatic nitrogens is 2. The molecule has 0 bridgehead atoms. The highest BCUT2D eigenvalue weighted by atomic mass is 15.3. The van der Waals surface area contributed by atoms with Crippen molar-refractivity contribution < 1.29 is 0 Å². The molecule has 0 aliphatic carbocycles. The smallest absolute Gasteiger partial charge is 0.0597 e. The van der Waals surface area contributed by atoms with Gasteiger partial charge < -0.3 is 5.32 Å². The van der Waals surface area contributed by atoms with Gasteiger partial charge in [0.05, 0.1) is 11.4 Å². The van der Waals surface area contributed by atoms with Gasteiger partial charge in [-0.1, -0.05) is 0 Å². The van der Waals surface area contributed by atoms with Crippen LogP contribution in [0.5, 0.6) is 0 Å². The lowest BCUT2D eigenvalue weighted by atomic mass is 10.1. The molecule has 17 heavy (non-hydrogen) atoms. The summed E-state index contributed by atoms with van der Waals surface area (Å²) >= 11 is 0. The predicted molar refractivity (Wildman–Crippen MR) is 70.0 cm³/mol. The molecule has 1 aromatic heterocycles. The topological polar surface area (TPSA) is 33.1 Å². The molecule has 1 unspecified atom stereocenters. The molecule has 0 aromatic carbocycles. The van der Waals surface area contributed by atoms with E-state index >= 15 is 0 Å². The Morgan fingerprint density at radius 3 is 3.06 bits per heavy atom. The fourth-order valence-electron chi connectivity index (χ4n) is 2.59. The molecule has 4 heteroatoms. The van der Waals surface area contributed by atoms with Crippen LogP contribution in [0, 0.1) is 6.92 Å². The minimum Gasteiger partial charge on any atom is -0.315 e. The number of nitrogens with zero attached hydrogens (tertiary/aromatic N) is 3. The summed E-state index contributed by atoms with van der Waals surface area (Å²) in [6, 6.07) is 2.88. The number of hydrogen-bond acceptors (Lipinski definition) is 3. The van der Waals surface area contributed by atoms with Crippen LogP contribution in [0.1, 0.15) is 31.2 Å². The summed E-state index contributed by atoms with van der Waals surface area (Å²) in [4.78, 5) is 2.45. The third kappa shape index (κ3) is 3.07. The molecule has 0 saturated carbocycles. The first-order valence-corrected chi connectivity index (χ1v) is 6.65. The second-order valence-electron chi connectivity index (χ2n) is 5.01. The Hall–Kier alpha value is -0.870. The number of hydrogen-bond donors (Lipinski definition) is 1. The fourth-order valence-corrected chi connectivity index (χ4v) is 2.59. The lowest BCUT2D eigenvalue weighted by Crippen LogP contribution is -2.43. The highest BCUT2D eigenvalue weighted by molar-refractivity contribution is 5.09. The summed E-state index contributed by atoms with van der Waals surface area (Å²) in [6.45, 7) is 8.48. The molecule has 1 N–H and O–H groups in total. The Morgan fingerprint density at radius 1 is 1.59 bits per heavy atom. The van der Waals surface area contributed by atoms with Crippen LogP contribution in [0.4, 0.5) is 0 Å². The van der Waals surface area contributed by atoms with E-state index in [4.69, 9.17) is 0 Å². The van der Waals surface area contributed by atoms with E-state index < -0.39 is 0 Å². The van der Waals surface area contributed by atoms with E-state index in [1.807, 2.05) is 0 Å². The first-order chi connectivity index (χ1) is 8.20. The summed E-state index contributed by atoms with van der Waals surface area (Å²) < 4.78 is 2.11. The zero-order valence-electron chi connectivity index (χ0n) is 11.2. The van der Waals surface area contributed by atoms with Crippen LogP contribution in [-0.2, 0) is 13.1 Å². The molecule has 0 radical (unpaired) electrons. The Morgan fingerprint density at radius 2 is 2.41 bits per heavy atom.